The zero-order valence-corrected chi connectivity index (χ0v) is 22.5. The number of thioether (sulfide) groups is 1. The van der Waals surface area contributed by atoms with Crippen LogP contribution >= 0.6 is 23.4 Å². The molecular weight excluding hydrogens is 534 g/mol. The van der Waals surface area contributed by atoms with Gasteiger partial charge in [0.05, 0.1) is 24.2 Å². The number of nitrogens with zero attached hydrogens (tertiary/aromatic N) is 4. The maximum Gasteiger partial charge on any atom is 0.338 e. The first-order chi connectivity index (χ1) is 18.2. The number of rotatable bonds is 10. The number of unbranched alkanes of at least 4 members (excludes halogenated alkanes) is 1. The van der Waals surface area contributed by atoms with E-state index in [-0.39, 0.29) is 17.9 Å². The van der Waals surface area contributed by atoms with Gasteiger partial charge in [0.2, 0.25) is 16.9 Å². The molecule has 1 aliphatic heterocycles. The molecule has 11 nitrogen and oxygen atoms in total. The van der Waals surface area contributed by atoms with Crippen molar-refractivity contribution in [1.82, 2.24) is 14.8 Å². The Kier molecular flexibility index (Phi) is 8.42. The summed E-state index contributed by atoms with van der Waals surface area (Å²) < 4.78 is 12.2. The lowest BCUT2D eigenvalue weighted by atomic mass is 9.95. The lowest BCUT2D eigenvalue weighted by Gasteiger charge is -2.28. The van der Waals surface area contributed by atoms with Gasteiger partial charge in [-0.1, -0.05) is 54.9 Å². The number of carbonyl (C=O) groups is 1. The third-order valence-corrected chi connectivity index (χ3v) is 7.16. The average molecular weight is 560 g/mol. The van der Waals surface area contributed by atoms with Gasteiger partial charge in [0, 0.05) is 22.5 Å². The van der Waals surface area contributed by atoms with E-state index >= 15 is 0 Å². The predicted octanol–water partition coefficient (Wildman–Crippen LogP) is 5.48. The SMILES string of the molecule is CCCCOC(=O)C1=C(C)Nc2nc(SCc3ccccc3Cl)nn2C1c1cc(OC)c(O)c([N+](=O)[O-])c1. The largest absolute Gasteiger partial charge is 0.500 e. The Morgan fingerprint density at radius 2 is 2.11 bits per heavy atom. The van der Waals surface area contributed by atoms with Crippen molar-refractivity contribution < 1.29 is 24.3 Å². The van der Waals surface area contributed by atoms with Crippen LogP contribution in [0.1, 0.15) is 43.9 Å². The molecule has 1 atom stereocenters. The maximum atomic E-state index is 13.3. The quantitative estimate of drug-likeness (QED) is 0.108. The van der Waals surface area contributed by atoms with E-state index in [9.17, 15) is 20.0 Å². The molecule has 3 aromatic rings. The van der Waals surface area contributed by atoms with E-state index in [1.165, 1.54) is 35.7 Å². The van der Waals surface area contributed by atoms with Crippen LogP contribution in [0.4, 0.5) is 11.6 Å². The molecule has 1 unspecified atom stereocenters. The van der Waals surface area contributed by atoms with Crippen LogP contribution in [-0.4, -0.2) is 44.5 Å². The number of allylic oxidation sites excluding steroid dienone is 1. The molecule has 4 rings (SSSR count). The van der Waals surface area contributed by atoms with E-state index in [1.54, 1.807) is 13.0 Å². The van der Waals surface area contributed by atoms with Crippen molar-refractivity contribution in [2.24, 2.45) is 0 Å². The number of aromatic nitrogens is 3. The predicted molar refractivity (Wildman–Crippen MR) is 143 cm³/mol. The molecule has 0 fully saturated rings. The first-order valence-electron chi connectivity index (χ1n) is 11.8. The number of hydrogen-bond acceptors (Lipinski definition) is 10. The Morgan fingerprint density at radius 1 is 1.34 bits per heavy atom. The molecule has 2 aromatic carbocycles. The Hall–Kier alpha value is -3.77. The molecule has 200 valence electrons. The summed E-state index contributed by atoms with van der Waals surface area (Å²) in [6.45, 7) is 3.90. The highest BCUT2D eigenvalue weighted by molar-refractivity contribution is 7.98. The van der Waals surface area contributed by atoms with Crippen molar-refractivity contribution in [2.75, 3.05) is 19.0 Å². The summed E-state index contributed by atoms with van der Waals surface area (Å²) in [5.74, 6) is -0.467. The molecule has 0 radical (unpaired) electrons. The van der Waals surface area contributed by atoms with E-state index in [2.05, 4.69) is 15.4 Å². The summed E-state index contributed by atoms with van der Waals surface area (Å²) in [6.07, 6.45) is 1.53. The number of aromatic hydroxyl groups is 1. The summed E-state index contributed by atoms with van der Waals surface area (Å²) in [6, 6.07) is 9.14. The standard InChI is InChI=1S/C25H26ClN5O6S/c1-4-5-10-37-23(33)20-14(2)27-24-28-25(38-13-15-8-6-7-9-17(15)26)29-30(24)21(20)16-11-18(31(34)35)22(32)19(12-16)36-3/h6-9,11-12,21,32H,4-5,10,13H2,1-3H3,(H,27,28,29). The number of halogens is 1. The fourth-order valence-corrected chi connectivity index (χ4v) is 5.09. The van der Waals surface area contributed by atoms with Gasteiger partial charge in [-0.05, 0) is 36.6 Å². The first-order valence-corrected chi connectivity index (χ1v) is 13.1. The normalized spacial score (nSPS) is 14.6. The summed E-state index contributed by atoms with van der Waals surface area (Å²) in [7, 11) is 1.29. The van der Waals surface area contributed by atoms with Gasteiger partial charge in [-0.2, -0.15) is 4.98 Å². The minimum absolute atomic E-state index is 0.112. The monoisotopic (exact) mass is 559 g/mol. The highest BCUT2D eigenvalue weighted by Crippen LogP contribution is 2.43. The van der Waals surface area contributed by atoms with Crippen molar-refractivity contribution in [2.45, 2.75) is 43.6 Å². The van der Waals surface area contributed by atoms with Gasteiger partial charge in [0.1, 0.15) is 6.04 Å². The second kappa shape index (κ2) is 11.7. The van der Waals surface area contributed by atoms with Crippen molar-refractivity contribution >= 4 is 41.0 Å². The minimum Gasteiger partial charge on any atom is -0.500 e. The molecule has 1 aromatic heterocycles. The van der Waals surface area contributed by atoms with Crippen LogP contribution in [0.15, 0.2) is 52.8 Å². The van der Waals surface area contributed by atoms with Crippen LogP contribution in [0.3, 0.4) is 0 Å². The fraction of sp³-hybridized carbons (Fsp3) is 0.320. The molecule has 1 aliphatic rings. The van der Waals surface area contributed by atoms with E-state index in [0.717, 1.165) is 12.0 Å². The number of esters is 1. The third-order valence-electron chi connectivity index (χ3n) is 5.91. The molecule has 2 N–H and O–H groups in total. The Labute approximate surface area is 228 Å². The summed E-state index contributed by atoms with van der Waals surface area (Å²) in [4.78, 5) is 28.8. The van der Waals surface area contributed by atoms with Gasteiger partial charge in [0.15, 0.2) is 5.75 Å². The Bertz CT molecular complexity index is 1410. The van der Waals surface area contributed by atoms with Crippen molar-refractivity contribution in [3.63, 3.8) is 0 Å². The number of benzene rings is 2. The summed E-state index contributed by atoms with van der Waals surface area (Å²) in [5, 5.41) is 30.8. The molecule has 13 heteroatoms. The number of nitro groups is 1. The van der Waals surface area contributed by atoms with Crippen LogP contribution in [0, 0.1) is 10.1 Å². The van der Waals surface area contributed by atoms with E-state index in [4.69, 9.17) is 21.1 Å². The number of hydrogen-bond donors (Lipinski definition) is 2. The number of nitro benzene ring substituents is 1. The lowest BCUT2D eigenvalue weighted by Crippen LogP contribution is -2.30. The number of carbonyl (C=O) groups excluding carboxylic acids is 1. The van der Waals surface area contributed by atoms with Gasteiger partial charge in [-0.15, -0.1) is 5.10 Å². The zero-order valence-electron chi connectivity index (χ0n) is 20.9. The third kappa shape index (κ3) is 5.55. The van der Waals surface area contributed by atoms with Crippen LogP contribution in [-0.2, 0) is 15.3 Å². The molecule has 0 saturated carbocycles. The number of methoxy groups -OCH3 is 1. The summed E-state index contributed by atoms with van der Waals surface area (Å²) in [5.41, 5.74) is 1.31. The van der Waals surface area contributed by atoms with Gasteiger partial charge in [0.25, 0.3) is 0 Å². The number of phenolic OH excluding ortho intramolecular Hbond substituents is 1. The maximum absolute atomic E-state index is 13.3. The van der Waals surface area contributed by atoms with Crippen LogP contribution in [0.2, 0.25) is 5.02 Å². The molecule has 0 saturated heterocycles. The van der Waals surface area contributed by atoms with Gasteiger partial charge < -0.3 is 19.9 Å². The van der Waals surface area contributed by atoms with E-state index < -0.39 is 28.4 Å². The topological polar surface area (TPSA) is 142 Å². The molecular formula is C25H26ClN5O6S. The number of nitrogens with one attached hydrogen (secondary N) is 1. The molecule has 0 amide bonds. The smallest absolute Gasteiger partial charge is 0.338 e. The minimum atomic E-state index is -0.935. The molecule has 0 aliphatic carbocycles. The van der Waals surface area contributed by atoms with Crippen molar-refractivity contribution in [3.05, 3.63) is 73.9 Å². The fourth-order valence-electron chi connectivity index (χ4n) is 3.98. The molecule has 0 spiro atoms. The van der Waals surface area contributed by atoms with Crippen LogP contribution in [0.5, 0.6) is 11.5 Å². The molecule has 38 heavy (non-hydrogen) atoms. The Balaban J connectivity index is 1.79. The lowest BCUT2D eigenvalue weighted by molar-refractivity contribution is -0.386. The Morgan fingerprint density at radius 3 is 2.79 bits per heavy atom. The number of phenols is 1. The van der Waals surface area contributed by atoms with E-state index in [0.29, 0.717) is 39.6 Å². The zero-order chi connectivity index (χ0) is 27.4. The van der Waals surface area contributed by atoms with E-state index in [1.807, 2.05) is 25.1 Å². The second-order valence-corrected chi connectivity index (χ2v) is 9.80. The van der Waals surface area contributed by atoms with Gasteiger partial charge in [-0.3, -0.25) is 10.1 Å². The molecule has 0 bridgehead atoms. The van der Waals surface area contributed by atoms with Crippen molar-refractivity contribution in [1.29, 1.82) is 0 Å². The van der Waals surface area contributed by atoms with Gasteiger partial charge >= 0.3 is 11.7 Å². The highest BCUT2D eigenvalue weighted by Gasteiger charge is 2.37. The van der Waals surface area contributed by atoms with Crippen LogP contribution in [0.25, 0.3) is 0 Å². The second-order valence-electron chi connectivity index (χ2n) is 8.45. The summed E-state index contributed by atoms with van der Waals surface area (Å²) >= 11 is 7.63. The first kappa shape index (κ1) is 27.3. The highest BCUT2D eigenvalue weighted by atomic mass is 35.5. The number of fused-ring (bicyclic) bond motifs is 1. The molecule has 2 heterocycles. The van der Waals surface area contributed by atoms with Crippen molar-refractivity contribution in [3.8, 4) is 11.5 Å². The number of anilines is 1. The van der Waals surface area contributed by atoms with Gasteiger partial charge in [-0.25, -0.2) is 9.48 Å². The van der Waals surface area contributed by atoms with Crippen LogP contribution < -0.4 is 10.1 Å². The average Bonchev–Trinajstić information content (AvgIpc) is 3.29. The number of ether oxygens (including phenoxy) is 2.